The molecule has 0 spiro atoms. The van der Waals surface area contributed by atoms with E-state index < -0.39 is 0 Å². The lowest BCUT2D eigenvalue weighted by Crippen LogP contribution is -1.98. The summed E-state index contributed by atoms with van der Waals surface area (Å²) in [6.45, 7) is 5.50. The van der Waals surface area contributed by atoms with Crippen LogP contribution >= 0.6 is 0 Å². The van der Waals surface area contributed by atoms with E-state index in [0.29, 0.717) is 24.7 Å². The van der Waals surface area contributed by atoms with Crippen molar-refractivity contribution in [2.75, 3.05) is 13.2 Å². The number of benzene rings is 2. The lowest BCUT2D eigenvalue weighted by molar-refractivity contribution is 0.292. The third-order valence-corrected chi connectivity index (χ3v) is 4.74. The van der Waals surface area contributed by atoms with E-state index in [1.807, 2.05) is 24.3 Å². The summed E-state index contributed by atoms with van der Waals surface area (Å²) in [5, 5.41) is 20.2. The van der Waals surface area contributed by atoms with E-state index in [9.17, 15) is 10.2 Å². The van der Waals surface area contributed by atoms with Crippen LogP contribution in [0.4, 0.5) is 0 Å². The van der Waals surface area contributed by atoms with Crippen molar-refractivity contribution in [2.24, 2.45) is 0 Å². The molecule has 0 heterocycles. The summed E-state index contributed by atoms with van der Waals surface area (Å²) in [4.78, 5) is 0. The Bertz CT molecular complexity index is 650. The summed E-state index contributed by atoms with van der Waals surface area (Å²) < 4.78 is 11.2. The summed E-state index contributed by atoms with van der Waals surface area (Å²) in [5.74, 6) is 1.57. The van der Waals surface area contributed by atoms with Crippen molar-refractivity contribution in [1.82, 2.24) is 0 Å². The molecule has 28 heavy (non-hydrogen) atoms. The van der Waals surface area contributed by atoms with Crippen LogP contribution in [0.15, 0.2) is 36.4 Å². The van der Waals surface area contributed by atoms with Crippen LogP contribution < -0.4 is 9.47 Å². The van der Waals surface area contributed by atoms with Crippen molar-refractivity contribution in [3.05, 3.63) is 47.5 Å². The molecule has 2 rings (SSSR count). The normalized spacial score (nSPS) is 10.8. The topological polar surface area (TPSA) is 58.9 Å². The van der Waals surface area contributed by atoms with Crippen molar-refractivity contribution in [2.45, 2.75) is 65.2 Å². The zero-order valence-corrected chi connectivity index (χ0v) is 17.2. The highest BCUT2D eigenvalue weighted by Crippen LogP contribution is 2.29. The average Bonchev–Trinajstić information content (AvgIpc) is 2.69. The Balaban J connectivity index is 1.75. The monoisotopic (exact) mass is 386 g/mol. The Morgan fingerprint density at radius 1 is 0.643 bits per heavy atom. The zero-order valence-electron chi connectivity index (χ0n) is 17.2. The summed E-state index contributed by atoms with van der Waals surface area (Å²) in [5.41, 5.74) is 2.23. The number of ether oxygens (including phenoxy) is 2. The first-order chi connectivity index (χ1) is 13.6. The molecule has 0 unspecified atom stereocenters. The van der Waals surface area contributed by atoms with Gasteiger partial charge in [-0.15, -0.1) is 0 Å². The number of rotatable bonds is 13. The van der Waals surface area contributed by atoms with Crippen LogP contribution in [0.1, 0.15) is 63.5 Å². The lowest BCUT2D eigenvalue weighted by Gasteiger charge is -2.10. The highest BCUT2D eigenvalue weighted by molar-refractivity contribution is 5.42. The van der Waals surface area contributed by atoms with Gasteiger partial charge in [0.05, 0.1) is 13.2 Å². The molecule has 0 aliphatic rings. The second-order valence-corrected chi connectivity index (χ2v) is 7.22. The maximum Gasteiger partial charge on any atom is 0.160 e. The Morgan fingerprint density at radius 3 is 1.43 bits per heavy atom. The second-order valence-electron chi connectivity index (χ2n) is 7.22. The maximum atomic E-state index is 10.1. The number of aromatic hydroxyl groups is 2. The molecule has 0 atom stereocenters. The van der Waals surface area contributed by atoms with Gasteiger partial charge in [-0.1, -0.05) is 38.8 Å². The van der Waals surface area contributed by atoms with E-state index in [1.165, 1.54) is 0 Å². The Kier molecular flexibility index (Phi) is 9.53. The van der Waals surface area contributed by atoms with Gasteiger partial charge in [-0.05, 0) is 73.9 Å². The van der Waals surface area contributed by atoms with Crippen LogP contribution in [0.5, 0.6) is 23.0 Å². The molecule has 0 aromatic heterocycles. The SMILES string of the molecule is CCCCOc1ccc(CCCCc2ccc(OCCCC)c(O)c2)cc1O. The van der Waals surface area contributed by atoms with Gasteiger partial charge in [-0.2, -0.15) is 0 Å². The van der Waals surface area contributed by atoms with Gasteiger partial charge in [0, 0.05) is 0 Å². The minimum atomic E-state index is 0.220. The largest absolute Gasteiger partial charge is 0.504 e. The molecule has 4 nitrogen and oxygen atoms in total. The molecule has 0 radical (unpaired) electrons. The van der Waals surface area contributed by atoms with Gasteiger partial charge >= 0.3 is 0 Å². The van der Waals surface area contributed by atoms with Crippen molar-refractivity contribution in [1.29, 1.82) is 0 Å². The van der Waals surface area contributed by atoms with Crippen LogP contribution in [0.3, 0.4) is 0 Å². The second kappa shape index (κ2) is 12.2. The molecule has 2 aromatic rings. The molecule has 0 saturated carbocycles. The lowest BCUT2D eigenvalue weighted by atomic mass is 10.0. The average molecular weight is 387 g/mol. The quantitative estimate of drug-likeness (QED) is 0.413. The minimum absolute atomic E-state index is 0.220. The molecule has 0 aliphatic carbocycles. The predicted octanol–water partition coefficient (Wildman–Crippen LogP) is 6.02. The van der Waals surface area contributed by atoms with Crippen LogP contribution in [0, 0.1) is 0 Å². The molecular weight excluding hydrogens is 352 g/mol. The van der Waals surface area contributed by atoms with Gasteiger partial charge in [0.25, 0.3) is 0 Å². The summed E-state index contributed by atoms with van der Waals surface area (Å²) in [6, 6.07) is 11.4. The van der Waals surface area contributed by atoms with Crippen LogP contribution in [0.2, 0.25) is 0 Å². The molecule has 0 aliphatic heterocycles. The smallest absolute Gasteiger partial charge is 0.160 e. The van der Waals surface area contributed by atoms with E-state index in [-0.39, 0.29) is 11.5 Å². The van der Waals surface area contributed by atoms with Crippen LogP contribution in [-0.4, -0.2) is 23.4 Å². The van der Waals surface area contributed by atoms with Crippen molar-refractivity contribution in [3.8, 4) is 23.0 Å². The van der Waals surface area contributed by atoms with Gasteiger partial charge < -0.3 is 19.7 Å². The van der Waals surface area contributed by atoms with Gasteiger partial charge in [0.1, 0.15) is 0 Å². The molecule has 0 fully saturated rings. The van der Waals surface area contributed by atoms with E-state index in [4.69, 9.17) is 9.47 Å². The molecule has 2 aromatic carbocycles. The highest BCUT2D eigenvalue weighted by atomic mass is 16.5. The fourth-order valence-corrected chi connectivity index (χ4v) is 2.99. The fraction of sp³-hybridized carbons (Fsp3) is 0.500. The van der Waals surface area contributed by atoms with E-state index in [1.54, 1.807) is 12.1 Å². The maximum absolute atomic E-state index is 10.1. The third-order valence-electron chi connectivity index (χ3n) is 4.74. The predicted molar refractivity (Wildman–Crippen MR) is 114 cm³/mol. The summed E-state index contributed by atoms with van der Waals surface area (Å²) in [7, 11) is 0. The minimum Gasteiger partial charge on any atom is -0.504 e. The van der Waals surface area contributed by atoms with Crippen LogP contribution in [-0.2, 0) is 12.8 Å². The van der Waals surface area contributed by atoms with E-state index >= 15 is 0 Å². The van der Waals surface area contributed by atoms with Crippen molar-refractivity contribution < 1.29 is 19.7 Å². The van der Waals surface area contributed by atoms with Gasteiger partial charge in [0.15, 0.2) is 23.0 Å². The number of aryl methyl sites for hydroxylation is 2. The number of hydrogen-bond donors (Lipinski definition) is 2. The first-order valence-electron chi connectivity index (χ1n) is 10.5. The van der Waals surface area contributed by atoms with Gasteiger partial charge in [-0.25, -0.2) is 0 Å². The Hall–Kier alpha value is -2.36. The molecule has 154 valence electrons. The number of phenolic OH excluding ortho intramolecular Hbond substituents is 2. The highest BCUT2D eigenvalue weighted by Gasteiger charge is 2.06. The van der Waals surface area contributed by atoms with E-state index in [0.717, 1.165) is 62.5 Å². The summed E-state index contributed by atoms with van der Waals surface area (Å²) in [6.07, 6.45) is 7.98. The van der Waals surface area contributed by atoms with Gasteiger partial charge in [0.2, 0.25) is 0 Å². The van der Waals surface area contributed by atoms with Crippen molar-refractivity contribution >= 4 is 0 Å². The number of unbranched alkanes of at least 4 members (excludes halogenated alkanes) is 3. The van der Waals surface area contributed by atoms with Crippen molar-refractivity contribution in [3.63, 3.8) is 0 Å². The first kappa shape index (κ1) is 21.9. The molecule has 0 amide bonds. The number of phenols is 2. The van der Waals surface area contributed by atoms with Gasteiger partial charge in [-0.3, -0.25) is 0 Å². The molecule has 0 saturated heterocycles. The van der Waals surface area contributed by atoms with Crippen LogP contribution in [0.25, 0.3) is 0 Å². The Labute approximate surface area is 169 Å². The fourth-order valence-electron chi connectivity index (χ4n) is 2.99. The molecule has 0 bridgehead atoms. The standard InChI is InChI=1S/C24H34O4/c1-3-5-15-27-23-13-11-19(17-21(23)25)9-7-8-10-20-12-14-24(22(26)18-20)28-16-6-4-2/h11-14,17-18,25-26H,3-10,15-16H2,1-2H3. The molecule has 4 heteroatoms. The summed E-state index contributed by atoms with van der Waals surface area (Å²) >= 11 is 0. The third kappa shape index (κ3) is 7.34. The Morgan fingerprint density at radius 2 is 1.07 bits per heavy atom. The number of hydrogen-bond acceptors (Lipinski definition) is 4. The molecular formula is C24H34O4. The molecule has 2 N–H and O–H groups in total. The zero-order chi connectivity index (χ0) is 20.2. The van der Waals surface area contributed by atoms with E-state index in [2.05, 4.69) is 13.8 Å². The first-order valence-corrected chi connectivity index (χ1v) is 10.5.